The van der Waals surface area contributed by atoms with Gasteiger partial charge in [0, 0.05) is 19.2 Å². The lowest BCUT2D eigenvalue weighted by atomic mass is 10.3. The van der Waals surface area contributed by atoms with Gasteiger partial charge < -0.3 is 0 Å². The molecule has 0 saturated heterocycles. The summed E-state index contributed by atoms with van der Waals surface area (Å²) in [4.78, 5) is -0.280. The molecule has 1 N–H and O–H groups in total. The van der Waals surface area contributed by atoms with Crippen LogP contribution >= 0.6 is 0 Å². The molecule has 0 atom stereocenters. The molecule has 0 spiro atoms. The van der Waals surface area contributed by atoms with Crippen LogP contribution in [0.1, 0.15) is 13.8 Å². The number of nitrogens with zero attached hydrogens (tertiary/aromatic N) is 1. The molecule has 0 bridgehead atoms. The highest BCUT2D eigenvalue weighted by molar-refractivity contribution is 7.92. The van der Waals surface area contributed by atoms with Crippen LogP contribution in [0.4, 0.5) is 14.5 Å². The highest BCUT2D eigenvalue weighted by atomic mass is 32.2. The highest BCUT2D eigenvalue weighted by Crippen LogP contribution is 2.21. The molecule has 0 amide bonds. The Morgan fingerprint density at radius 2 is 1.31 bits per heavy atom. The van der Waals surface area contributed by atoms with E-state index in [-0.39, 0.29) is 28.6 Å². The van der Waals surface area contributed by atoms with E-state index >= 15 is 0 Å². The van der Waals surface area contributed by atoms with Crippen molar-refractivity contribution in [3.8, 4) is 0 Å². The smallest absolute Gasteiger partial charge is 0.261 e. The first-order chi connectivity index (χ1) is 12.1. The molecule has 0 aliphatic carbocycles. The van der Waals surface area contributed by atoms with Crippen LogP contribution in [0.25, 0.3) is 0 Å². The summed E-state index contributed by atoms with van der Waals surface area (Å²) in [5.41, 5.74) is -0.276. The van der Waals surface area contributed by atoms with E-state index in [9.17, 15) is 25.6 Å². The van der Waals surface area contributed by atoms with Crippen LogP contribution < -0.4 is 4.72 Å². The third kappa shape index (κ3) is 4.37. The van der Waals surface area contributed by atoms with Gasteiger partial charge >= 0.3 is 0 Å². The van der Waals surface area contributed by atoms with Gasteiger partial charge in [0.15, 0.2) is 0 Å². The van der Waals surface area contributed by atoms with E-state index < -0.39 is 31.7 Å². The van der Waals surface area contributed by atoms with Crippen LogP contribution in [0.3, 0.4) is 0 Å². The summed E-state index contributed by atoms with van der Waals surface area (Å²) in [6.45, 7) is 3.96. The molecule has 26 heavy (non-hydrogen) atoms. The Morgan fingerprint density at radius 1 is 0.846 bits per heavy atom. The summed E-state index contributed by atoms with van der Waals surface area (Å²) >= 11 is 0. The topological polar surface area (TPSA) is 83.6 Å². The van der Waals surface area contributed by atoms with Gasteiger partial charge in [0.2, 0.25) is 10.0 Å². The van der Waals surface area contributed by atoms with E-state index in [0.717, 1.165) is 24.3 Å². The summed E-state index contributed by atoms with van der Waals surface area (Å²) in [5, 5.41) is 0. The SMILES string of the molecule is CCN(CC)S(=O)(=O)c1ccc(S(=O)(=O)Nc2cc(F)cc(F)c2)cc1. The second-order valence-electron chi connectivity index (χ2n) is 5.32. The van der Waals surface area contributed by atoms with E-state index in [2.05, 4.69) is 4.72 Å². The van der Waals surface area contributed by atoms with Crippen molar-refractivity contribution in [2.75, 3.05) is 17.8 Å². The number of hydrogen-bond donors (Lipinski definition) is 1. The second-order valence-corrected chi connectivity index (χ2v) is 8.94. The summed E-state index contributed by atoms with van der Waals surface area (Å²) in [7, 11) is -7.85. The molecule has 10 heteroatoms. The fourth-order valence-corrected chi connectivity index (χ4v) is 4.83. The van der Waals surface area contributed by atoms with Gasteiger partial charge in [-0.1, -0.05) is 13.8 Å². The average Bonchev–Trinajstić information content (AvgIpc) is 2.54. The summed E-state index contributed by atoms with van der Waals surface area (Å²) in [5.74, 6) is -1.85. The zero-order valence-electron chi connectivity index (χ0n) is 14.1. The van der Waals surface area contributed by atoms with E-state index in [4.69, 9.17) is 0 Å². The number of halogens is 2. The van der Waals surface area contributed by atoms with Crippen molar-refractivity contribution in [2.45, 2.75) is 23.6 Å². The molecule has 2 rings (SSSR count). The molecule has 0 aromatic heterocycles. The third-order valence-electron chi connectivity index (χ3n) is 3.59. The van der Waals surface area contributed by atoms with Gasteiger partial charge in [0.25, 0.3) is 10.0 Å². The van der Waals surface area contributed by atoms with Gasteiger partial charge in [0.05, 0.1) is 15.5 Å². The molecule has 142 valence electrons. The number of hydrogen-bond acceptors (Lipinski definition) is 4. The molecule has 0 aliphatic heterocycles. The van der Waals surface area contributed by atoms with Crippen molar-refractivity contribution >= 4 is 25.7 Å². The van der Waals surface area contributed by atoms with Crippen LogP contribution in [-0.2, 0) is 20.0 Å². The predicted molar refractivity (Wildman–Crippen MR) is 93.7 cm³/mol. The van der Waals surface area contributed by atoms with Crippen LogP contribution in [0.5, 0.6) is 0 Å². The zero-order valence-corrected chi connectivity index (χ0v) is 15.7. The maximum atomic E-state index is 13.2. The maximum absolute atomic E-state index is 13.2. The number of anilines is 1. The Morgan fingerprint density at radius 3 is 1.77 bits per heavy atom. The molecule has 2 aromatic carbocycles. The molecule has 0 heterocycles. The van der Waals surface area contributed by atoms with Gasteiger partial charge in [-0.25, -0.2) is 25.6 Å². The Balaban J connectivity index is 2.32. The fraction of sp³-hybridized carbons (Fsp3) is 0.250. The average molecular weight is 404 g/mol. The van der Waals surface area contributed by atoms with Crippen molar-refractivity contribution < 1.29 is 25.6 Å². The van der Waals surface area contributed by atoms with E-state index in [1.165, 1.54) is 16.4 Å². The maximum Gasteiger partial charge on any atom is 0.261 e. The van der Waals surface area contributed by atoms with Crippen molar-refractivity contribution in [1.82, 2.24) is 4.31 Å². The third-order valence-corrected chi connectivity index (χ3v) is 7.05. The van der Waals surface area contributed by atoms with Gasteiger partial charge in [-0.15, -0.1) is 0 Å². The van der Waals surface area contributed by atoms with Crippen molar-refractivity contribution in [1.29, 1.82) is 0 Å². The minimum Gasteiger partial charge on any atom is -0.279 e. The summed E-state index contributed by atoms with van der Waals surface area (Å²) in [6, 6.07) is 6.87. The van der Waals surface area contributed by atoms with Gasteiger partial charge in [-0.3, -0.25) is 4.72 Å². The van der Waals surface area contributed by atoms with E-state index in [0.29, 0.717) is 6.07 Å². The highest BCUT2D eigenvalue weighted by Gasteiger charge is 2.23. The standard InChI is InChI=1S/C16H18F2N2O4S2/c1-3-20(4-2)26(23,24)16-7-5-15(6-8-16)25(21,22)19-14-10-12(17)9-13(18)11-14/h5-11,19H,3-4H2,1-2H3. The normalized spacial score (nSPS) is 12.3. The van der Waals surface area contributed by atoms with Gasteiger partial charge in [-0.05, 0) is 36.4 Å². The molecular weight excluding hydrogens is 386 g/mol. The first kappa shape index (κ1) is 20.3. The van der Waals surface area contributed by atoms with E-state index in [1.807, 2.05) is 0 Å². The predicted octanol–water partition coefficient (Wildman–Crippen LogP) is 2.80. The Bertz CT molecular complexity index is 967. The monoisotopic (exact) mass is 404 g/mol. The van der Waals surface area contributed by atoms with Crippen LogP contribution in [0.15, 0.2) is 52.3 Å². The lowest BCUT2D eigenvalue weighted by Crippen LogP contribution is -2.30. The number of nitrogens with one attached hydrogen (secondary N) is 1. The first-order valence-electron chi connectivity index (χ1n) is 7.69. The lowest BCUT2D eigenvalue weighted by Gasteiger charge is -2.18. The van der Waals surface area contributed by atoms with Crippen molar-refractivity contribution in [3.63, 3.8) is 0 Å². The van der Waals surface area contributed by atoms with Gasteiger partial charge in [0.1, 0.15) is 11.6 Å². The van der Waals surface area contributed by atoms with Crippen LogP contribution in [0.2, 0.25) is 0 Å². The first-order valence-corrected chi connectivity index (χ1v) is 10.6. The molecule has 6 nitrogen and oxygen atoms in total. The quantitative estimate of drug-likeness (QED) is 0.769. The van der Waals surface area contributed by atoms with E-state index in [1.54, 1.807) is 13.8 Å². The molecule has 0 saturated carbocycles. The molecule has 0 fully saturated rings. The molecule has 0 aliphatic rings. The summed E-state index contributed by atoms with van der Waals surface area (Å²) in [6.07, 6.45) is 0. The molecule has 0 radical (unpaired) electrons. The molecule has 2 aromatic rings. The number of benzene rings is 2. The molecular formula is C16H18F2N2O4S2. The zero-order chi connectivity index (χ0) is 19.5. The van der Waals surface area contributed by atoms with Crippen LogP contribution in [-0.4, -0.2) is 34.2 Å². The lowest BCUT2D eigenvalue weighted by molar-refractivity contribution is 0.445. The van der Waals surface area contributed by atoms with Crippen LogP contribution in [0, 0.1) is 11.6 Å². The minimum absolute atomic E-state index is 0.0445. The summed E-state index contributed by atoms with van der Waals surface area (Å²) < 4.78 is 79.1. The fourth-order valence-electron chi connectivity index (χ4n) is 2.33. The van der Waals surface area contributed by atoms with Gasteiger partial charge in [-0.2, -0.15) is 4.31 Å². The minimum atomic E-state index is -4.13. The Hall–Kier alpha value is -2.04. The Labute approximate surface area is 151 Å². The van der Waals surface area contributed by atoms with Crippen molar-refractivity contribution in [3.05, 3.63) is 54.1 Å². The second kappa shape index (κ2) is 7.68. The Kier molecular flexibility index (Phi) is 5.99. The largest absolute Gasteiger partial charge is 0.279 e. The number of rotatable bonds is 7. The number of sulfonamides is 2. The molecule has 0 unspecified atom stereocenters. The van der Waals surface area contributed by atoms with Crippen molar-refractivity contribution in [2.24, 2.45) is 0 Å².